The number of carbonyl (C=O) groups is 4. The number of phenolic OH excluding ortho intramolecular Hbond substituents is 1. The van der Waals surface area contributed by atoms with Gasteiger partial charge in [-0.3, -0.25) is 18.9 Å². The Morgan fingerprint density at radius 2 is 1.12 bits per heavy atom. The van der Waals surface area contributed by atoms with Crippen LogP contribution >= 0.6 is 160 Å². The number of pyridine rings is 2. The quantitative estimate of drug-likeness (QED) is 0.0266. The van der Waals surface area contributed by atoms with Gasteiger partial charge in [-0.1, -0.05) is 195 Å². The van der Waals surface area contributed by atoms with Crippen LogP contribution in [-0.2, 0) is 39.5 Å². The number of nitrogens with one attached hydrogen (secondary N) is 1. The van der Waals surface area contributed by atoms with Crippen LogP contribution in [0.5, 0.6) is 5.75 Å². The molecule has 4 heterocycles. The number of nitrogens with zero attached hydrogens (tertiary/aromatic N) is 3. The van der Waals surface area contributed by atoms with Crippen molar-refractivity contribution in [2.24, 2.45) is 4.30 Å². The fourth-order valence-corrected chi connectivity index (χ4v) is 9.22. The zero-order chi connectivity index (χ0) is 68.6. The molecule has 0 aliphatic rings. The molecule has 4 aromatic heterocycles. The number of nitriles is 1. The van der Waals surface area contributed by atoms with Gasteiger partial charge in [0.05, 0.1) is 62.5 Å². The van der Waals surface area contributed by atoms with Crippen molar-refractivity contribution in [2.45, 2.75) is 21.9 Å². The Morgan fingerprint density at radius 1 is 0.677 bits per heavy atom. The van der Waals surface area contributed by atoms with E-state index in [4.69, 9.17) is 112 Å². The van der Waals surface area contributed by atoms with Gasteiger partial charge in [-0.05, 0) is 118 Å². The van der Waals surface area contributed by atoms with Crippen LogP contribution in [0.4, 0.5) is 0 Å². The first-order chi connectivity index (χ1) is 43.4. The van der Waals surface area contributed by atoms with Crippen molar-refractivity contribution >= 4 is 258 Å². The summed E-state index contributed by atoms with van der Waals surface area (Å²) < 4.78 is 40.7. The summed E-state index contributed by atoms with van der Waals surface area (Å²) in [5, 5.41) is 21.3. The molecule has 1 atom stereocenters. The number of aromatic amines is 1. The Labute approximate surface area is 600 Å². The summed E-state index contributed by atoms with van der Waals surface area (Å²) in [4.78, 5) is 63.9. The molecule has 2 N–H and O–H groups in total. The first kappa shape index (κ1) is 81.3. The van der Waals surface area contributed by atoms with Crippen LogP contribution in [0.15, 0.2) is 170 Å². The molecule has 11 aromatic rings. The fourth-order valence-electron chi connectivity index (χ4n) is 7.87. The molecule has 11 rings (SSSR count). The third-order valence-electron chi connectivity index (χ3n) is 11.6. The van der Waals surface area contributed by atoms with E-state index in [0.717, 1.165) is 43.6 Å². The molecule has 0 saturated carbocycles. The molecule has 0 saturated heterocycles. The molecule has 1 unspecified atom stereocenters. The number of thiol groups is 1. The second kappa shape index (κ2) is 39.2. The number of alkyl halides is 5. The van der Waals surface area contributed by atoms with E-state index in [1.807, 2.05) is 60.7 Å². The van der Waals surface area contributed by atoms with E-state index in [-0.39, 0.29) is 36.7 Å². The second-order valence-corrected chi connectivity index (χ2v) is 30.3. The SMILES string of the molecule is C.COC(=O)Cc1ccccc1C(=O)OC.COC(=O)c1ccccc1C(Br)C(=O)OC.ClC(Cl)(Cl)Cl.Clc1ccc2oc3c4ccccc4c(Cl)nc3c2c1.N#Cc1cc(Cl)ccc1O.O=P(Cl)(Cl)Cl.O=c1[nH]c2c3cc(Cl)ccc3oc2c2ccccc12.[B]=NS. The number of hydrogen-bond acceptors (Lipinski definition) is 17. The molecule has 0 bridgehead atoms. The van der Waals surface area contributed by atoms with Crippen LogP contribution in [0, 0.1) is 11.3 Å². The summed E-state index contributed by atoms with van der Waals surface area (Å²) in [6, 6.07) is 45.7. The van der Waals surface area contributed by atoms with Crippen LogP contribution < -0.4 is 5.56 Å². The molecule has 0 aliphatic heterocycles. The molecule has 17 nitrogen and oxygen atoms in total. The summed E-state index contributed by atoms with van der Waals surface area (Å²) >= 11 is 63.3. The van der Waals surface area contributed by atoms with Crippen molar-refractivity contribution in [3.8, 4) is 11.8 Å². The second-order valence-electron chi connectivity index (χ2n) is 17.4. The van der Waals surface area contributed by atoms with Crippen LogP contribution in [0.3, 0.4) is 0 Å². The van der Waals surface area contributed by atoms with Crippen molar-refractivity contribution in [1.82, 2.24) is 9.97 Å². The van der Waals surface area contributed by atoms with Crippen molar-refractivity contribution in [1.29, 1.82) is 5.26 Å². The van der Waals surface area contributed by atoms with Gasteiger partial charge in [-0.2, -0.15) is 5.26 Å². The molecule has 0 aliphatic carbocycles. The maximum absolute atomic E-state index is 12.1. The third kappa shape index (κ3) is 25.3. The van der Waals surface area contributed by atoms with Crippen molar-refractivity contribution in [3.63, 3.8) is 0 Å². The summed E-state index contributed by atoms with van der Waals surface area (Å²) in [5.74, 6) is -1.81. The molecule has 32 heteroatoms. The molecule has 1 radical (unpaired) electrons. The number of aromatic nitrogens is 2. The van der Waals surface area contributed by atoms with E-state index < -0.39 is 31.2 Å². The van der Waals surface area contributed by atoms with Gasteiger partial charge in [0.25, 0.3) is 8.81 Å². The zero-order valence-electron chi connectivity index (χ0n) is 47.4. The summed E-state index contributed by atoms with van der Waals surface area (Å²) in [6.07, 6.45) is 0.0712. The van der Waals surface area contributed by atoms with E-state index in [1.165, 1.54) is 46.6 Å². The van der Waals surface area contributed by atoms with Crippen LogP contribution in [0.2, 0.25) is 20.2 Å². The number of halogens is 12. The zero-order valence-corrected chi connectivity index (χ0v) is 59.1. The first-order valence-corrected chi connectivity index (χ1v) is 33.9. The Morgan fingerprint density at radius 3 is 1.65 bits per heavy atom. The Bertz CT molecular complexity index is 4570. The van der Waals surface area contributed by atoms with E-state index in [1.54, 1.807) is 78.9 Å². The number of furan rings is 2. The Kier molecular flexibility index (Phi) is 34.2. The van der Waals surface area contributed by atoms with Gasteiger partial charge in [0.15, 0.2) is 11.2 Å². The Balaban J connectivity index is 0.000000292. The van der Waals surface area contributed by atoms with Gasteiger partial charge in [0.2, 0.25) is 0 Å². The standard InChI is InChI=1S/C15H7Cl2NO.C15H8ClNO2.C11H11BrO4.C11H12O4.C7H4ClNO.CCl4.CH4.BHNS.Cl3OP/c16-8-5-6-12-11(7-8)13-14(19-12)9-3-1-2-4-10(9)15(17)18-13;16-8-5-6-12-11(7-8)13-14(19-12)9-3-1-2-4-10(9)15(18)17-13;1-15-10(13)8-6-4-3-5-7(8)9(12)11(14)16-2;1-14-10(12)7-8-5-3-4-6-9(8)11(13)15-2;8-6-1-2-7(10)5(3-6)4-9;2-1(3,4)5;;1-2-3;1-5(2,3)4/h1-7H;1-7H,(H,17,18);3-6,9H,1-2H3;3-6H,7H2,1-2H3;1-3,10H;;1H4;3H;. The molecular formula is C61H47BBrCl11N4O13PS. The minimum atomic E-state index is -3.22. The number of rotatable bonds is 6. The average molecular weight is 1590 g/mol. The number of methoxy groups -OCH3 is 4. The van der Waals surface area contributed by atoms with Gasteiger partial charge >= 0.3 is 53.8 Å². The number of H-pyrrole nitrogens is 1. The maximum atomic E-state index is 12.1. The summed E-state index contributed by atoms with van der Waals surface area (Å²) in [7, 11) is 9.53. The molecule has 93 heavy (non-hydrogen) atoms. The summed E-state index contributed by atoms with van der Waals surface area (Å²) in [6.45, 7) is 0. The molecular weight excluding hydrogens is 1540 g/mol. The van der Waals surface area contributed by atoms with E-state index in [0.29, 0.717) is 64.5 Å². The number of benzene rings is 7. The van der Waals surface area contributed by atoms with Crippen molar-refractivity contribution in [3.05, 3.63) is 210 Å². The number of ether oxygens (including phenoxy) is 4. The van der Waals surface area contributed by atoms with Crippen molar-refractivity contribution < 1.29 is 56.6 Å². The van der Waals surface area contributed by atoms with Gasteiger partial charge in [-0.15, -0.1) is 0 Å². The van der Waals surface area contributed by atoms with Crippen LogP contribution in [0.25, 0.3) is 65.7 Å². The number of fused-ring (bicyclic) bond motifs is 10. The van der Waals surface area contributed by atoms with E-state index in [2.05, 4.69) is 103 Å². The minimum absolute atomic E-state index is 0. The number of esters is 4. The fraction of sp³-hybridized carbons (Fsp3) is 0.131. The van der Waals surface area contributed by atoms with Gasteiger partial charge in [-0.25, -0.2) is 14.6 Å². The van der Waals surface area contributed by atoms with Gasteiger partial charge < -0.3 is 37.9 Å². The number of aromatic hydroxyl groups is 1. The predicted octanol–water partition coefficient (Wildman–Crippen LogP) is 20.9. The third-order valence-corrected chi connectivity index (χ3v) is 13.5. The first-order valence-electron chi connectivity index (χ1n) is 25.1. The normalized spacial score (nSPS) is 10.7. The monoisotopic (exact) mass is 1580 g/mol. The topological polar surface area (TPSA) is 251 Å². The predicted molar refractivity (Wildman–Crippen MR) is 384 cm³/mol. The van der Waals surface area contributed by atoms with E-state index in [9.17, 15) is 28.5 Å². The van der Waals surface area contributed by atoms with Crippen molar-refractivity contribution in [2.75, 3.05) is 28.4 Å². The number of carbonyl (C=O) groups excluding carboxylic acids is 4. The van der Waals surface area contributed by atoms with Crippen LogP contribution in [-0.4, -0.2) is 78.3 Å². The van der Waals surface area contributed by atoms with Gasteiger partial charge in [0.1, 0.15) is 38.5 Å². The number of phenols is 1. The molecule has 0 fully saturated rings. The Hall–Kier alpha value is -5.96. The van der Waals surface area contributed by atoms with Gasteiger partial charge in [0, 0.05) is 42.0 Å². The summed E-state index contributed by atoms with van der Waals surface area (Å²) in [5.41, 5.74) is 6.32. The molecule has 0 spiro atoms. The molecule has 487 valence electrons. The molecule has 7 aromatic carbocycles. The van der Waals surface area contributed by atoms with E-state index >= 15 is 0 Å². The average Bonchev–Trinajstić information content (AvgIpc) is 1.63. The number of hydrogen-bond donors (Lipinski definition) is 3. The molecule has 0 amide bonds. The van der Waals surface area contributed by atoms with Crippen LogP contribution in [0.1, 0.15) is 49.7 Å².